The molecule has 0 saturated carbocycles. The van der Waals surface area contributed by atoms with Crippen LogP contribution in [0.3, 0.4) is 0 Å². The molecule has 0 unspecified atom stereocenters. The van der Waals surface area contributed by atoms with E-state index < -0.39 is 23.2 Å². The average molecular weight is 491 g/mol. The number of carbonyl (C=O) groups excluding carboxylic acids is 2. The van der Waals surface area contributed by atoms with Crippen molar-refractivity contribution in [2.75, 3.05) is 38.1 Å². The number of fused-ring (bicyclic) bond motifs is 2. The van der Waals surface area contributed by atoms with E-state index in [4.69, 9.17) is 14.2 Å². The third-order valence-corrected chi connectivity index (χ3v) is 5.72. The topological polar surface area (TPSA) is 97.9 Å². The predicted octanol–water partition coefficient (Wildman–Crippen LogP) is 4.18. The molecule has 0 saturated heterocycles. The number of benzene rings is 2. The molecule has 3 N–H and O–H groups in total. The zero-order valence-electron chi connectivity index (χ0n) is 19.0. The first-order chi connectivity index (χ1) is 16.6. The molecule has 186 valence electrons. The van der Waals surface area contributed by atoms with Crippen molar-refractivity contribution in [3.8, 4) is 5.75 Å². The smallest absolute Gasteiger partial charge is 0.416 e. The number of halogens is 3. The lowest BCUT2D eigenvalue weighted by atomic mass is 9.86. The molecular weight excluding hydrogens is 467 g/mol. The highest BCUT2D eigenvalue weighted by atomic mass is 19.4. The standard InChI is InChI=1S/C24H24F3N3O5/c1-33-12-23(13-34-2)10-14(16-7-6-15(24(25,26)27)9-20(16)35-23)8-21(31)29-18-4-3-5-19-17(18)11-28-22(32)30-19/h3-9H,10-13H2,1-2H3,(H,29,31)(H2,28,30,32). The van der Waals surface area contributed by atoms with Crippen LogP contribution >= 0.6 is 0 Å². The van der Waals surface area contributed by atoms with Crippen molar-refractivity contribution < 1.29 is 37.0 Å². The summed E-state index contributed by atoms with van der Waals surface area (Å²) in [6.07, 6.45) is -3.05. The van der Waals surface area contributed by atoms with E-state index in [0.29, 0.717) is 28.1 Å². The van der Waals surface area contributed by atoms with Gasteiger partial charge in [0.2, 0.25) is 5.91 Å². The van der Waals surface area contributed by atoms with Gasteiger partial charge in [-0.2, -0.15) is 13.2 Å². The van der Waals surface area contributed by atoms with Crippen LogP contribution < -0.4 is 20.7 Å². The second-order valence-electron chi connectivity index (χ2n) is 8.33. The third-order valence-electron chi connectivity index (χ3n) is 5.72. The molecule has 11 heteroatoms. The second-order valence-corrected chi connectivity index (χ2v) is 8.33. The highest BCUT2D eigenvalue weighted by Crippen LogP contribution is 2.43. The van der Waals surface area contributed by atoms with Crippen LogP contribution in [-0.2, 0) is 27.0 Å². The number of ether oxygens (including phenoxy) is 3. The van der Waals surface area contributed by atoms with Crippen molar-refractivity contribution >= 4 is 28.9 Å². The monoisotopic (exact) mass is 491 g/mol. The van der Waals surface area contributed by atoms with Crippen LogP contribution in [-0.4, -0.2) is 45.0 Å². The summed E-state index contributed by atoms with van der Waals surface area (Å²) in [5, 5.41) is 8.12. The molecule has 0 aliphatic carbocycles. The molecule has 2 aromatic carbocycles. The number of anilines is 2. The van der Waals surface area contributed by atoms with Gasteiger partial charge in [0.1, 0.15) is 5.75 Å². The molecule has 3 amide bonds. The van der Waals surface area contributed by atoms with Crippen LogP contribution in [0, 0.1) is 0 Å². The minimum Gasteiger partial charge on any atom is -0.481 e. The van der Waals surface area contributed by atoms with E-state index in [1.165, 1.54) is 26.4 Å². The molecule has 4 rings (SSSR count). The van der Waals surface area contributed by atoms with E-state index in [1.54, 1.807) is 18.2 Å². The van der Waals surface area contributed by atoms with E-state index in [-0.39, 0.29) is 38.0 Å². The van der Waals surface area contributed by atoms with Crippen molar-refractivity contribution in [3.63, 3.8) is 0 Å². The number of nitrogens with one attached hydrogen (secondary N) is 3. The Kier molecular flexibility index (Phi) is 6.73. The first-order valence-corrected chi connectivity index (χ1v) is 10.7. The number of amides is 3. The Morgan fingerprint density at radius 1 is 1.20 bits per heavy atom. The molecule has 2 heterocycles. The molecule has 2 aliphatic heterocycles. The molecule has 0 bridgehead atoms. The normalized spacial score (nSPS) is 17.5. The average Bonchev–Trinajstić information content (AvgIpc) is 2.78. The summed E-state index contributed by atoms with van der Waals surface area (Å²) in [5.74, 6) is -0.495. The Morgan fingerprint density at radius 3 is 2.63 bits per heavy atom. The van der Waals surface area contributed by atoms with Gasteiger partial charge in [-0.05, 0) is 29.8 Å². The molecule has 0 fully saturated rings. The van der Waals surface area contributed by atoms with Crippen molar-refractivity contribution in [3.05, 3.63) is 59.2 Å². The summed E-state index contributed by atoms with van der Waals surface area (Å²) in [7, 11) is 2.90. The summed E-state index contributed by atoms with van der Waals surface area (Å²) in [5.41, 5.74) is 0.645. The molecule has 0 spiro atoms. The Labute approximate surface area is 199 Å². The summed E-state index contributed by atoms with van der Waals surface area (Å²) in [4.78, 5) is 24.6. The fourth-order valence-electron chi connectivity index (χ4n) is 4.29. The molecule has 0 aromatic heterocycles. The molecule has 35 heavy (non-hydrogen) atoms. The number of carbonyl (C=O) groups is 2. The highest BCUT2D eigenvalue weighted by molar-refractivity contribution is 6.06. The minimum atomic E-state index is -4.56. The van der Waals surface area contributed by atoms with Crippen molar-refractivity contribution in [1.29, 1.82) is 0 Å². The Balaban J connectivity index is 1.70. The predicted molar refractivity (Wildman–Crippen MR) is 122 cm³/mol. The van der Waals surface area contributed by atoms with Gasteiger partial charge in [-0.15, -0.1) is 0 Å². The molecule has 0 radical (unpaired) electrons. The first kappa shape index (κ1) is 24.6. The number of hydrogen-bond donors (Lipinski definition) is 3. The summed E-state index contributed by atoms with van der Waals surface area (Å²) in [6, 6.07) is 7.94. The van der Waals surface area contributed by atoms with Gasteiger partial charge < -0.3 is 30.2 Å². The van der Waals surface area contributed by atoms with Crippen LogP contribution in [0.5, 0.6) is 5.75 Å². The zero-order chi connectivity index (χ0) is 25.2. The maximum atomic E-state index is 13.3. The summed E-state index contributed by atoms with van der Waals surface area (Å²) in [6.45, 7) is 0.302. The maximum absolute atomic E-state index is 13.3. The van der Waals surface area contributed by atoms with Gasteiger partial charge in [0.05, 0.1) is 18.8 Å². The number of urea groups is 1. The molecule has 8 nitrogen and oxygen atoms in total. The summed E-state index contributed by atoms with van der Waals surface area (Å²) < 4.78 is 56.6. The van der Waals surface area contributed by atoms with Crippen molar-refractivity contribution in [2.24, 2.45) is 0 Å². The van der Waals surface area contributed by atoms with Gasteiger partial charge >= 0.3 is 12.2 Å². The second kappa shape index (κ2) is 9.59. The van der Waals surface area contributed by atoms with Gasteiger partial charge in [-0.1, -0.05) is 12.1 Å². The van der Waals surface area contributed by atoms with E-state index in [0.717, 1.165) is 12.1 Å². The van der Waals surface area contributed by atoms with Crippen molar-refractivity contribution in [2.45, 2.75) is 24.7 Å². The van der Waals surface area contributed by atoms with E-state index in [1.807, 2.05) is 0 Å². The van der Waals surface area contributed by atoms with E-state index >= 15 is 0 Å². The molecular formula is C24H24F3N3O5. The number of alkyl halides is 3. The minimum absolute atomic E-state index is 0.0109. The quantitative estimate of drug-likeness (QED) is 0.527. The van der Waals surface area contributed by atoms with Gasteiger partial charge in [0.25, 0.3) is 0 Å². The van der Waals surface area contributed by atoms with Crippen LogP contribution in [0.1, 0.15) is 23.1 Å². The van der Waals surface area contributed by atoms with Crippen LogP contribution in [0.25, 0.3) is 5.57 Å². The Hall–Kier alpha value is -3.57. The van der Waals surface area contributed by atoms with Crippen LogP contribution in [0.4, 0.5) is 29.3 Å². The third kappa shape index (κ3) is 5.25. The molecule has 0 atom stereocenters. The number of hydrogen-bond acceptors (Lipinski definition) is 5. The maximum Gasteiger partial charge on any atom is 0.416 e. The Bertz CT molecular complexity index is 1170. The van der Waals surface area contributed by atoms with Crippen molar-refractivity contribution in [1.82, 2.24) is 5.32 Å². The molecule has 2 aliphatic rings. The van der Waals surface area contributed by atoms with Crippen LogP contribution in [0.15, 0.2) is 42.5 Å². The lowest BCUT2D eigenvalue weighted by Gasteiger charge is -2.39. The van der Waals surface area contributed by atoms with Gasteiger partial charge in [0.15, 0.2) is 5.60 Å². The molecule has 2 aromatic rings. The Morgan fingerprint density at radius 2 is 1.94 bits per heavy atom. The zero-order valence-corrected chi connectivity index (χ0v) is 19.0. The lowest BCUT2D eigenvalue weighted by Crippen LogP contribution is -2.47. The van der Waals surface area contributed by atoms with E-state index in [9.17, 15) is 22.8 Å². The number of methoxy groups -OCH3 is 2. The summed E-state index contributed by atoms with van der Waals surface area (Å²) >= 11 is 0. The van der Waals surface area contributed by atoms with Crippen LogP contribution in [0.2, 0.25) is 0 Å². The largest absolute Gasteiger partial charge is 0.481 e. The van der Waals surface area contributed by atoms with Gasteiger partial charge in [-0.3, -0.25) is 4.79 Å². The van der Waals surface area contributed by atoms with Gasteiger partial charge in [0, 0.05) is 55.8 Å². The SMILES string of the molecule is COCC1(COC)CC(=CC(=O)Nc2cccc3c2CNC(=O)N3)c2ccc(C(F)(F)F)cc2O1. The fourth-order valence-corrected chi connectivity index (χ4v) is 4.29. The van der Waals surface area contributed by atoms with Gasteiger partial charge in [-0.25, -0.2) is 4.79 Å². The van der Waals surface area contributed by atoms with E-state index in [2.05, 4.69) is 16.0 Å². The fraction of sp³-hybridized carbons (Fsp3) is 0.333. The lowest BCUT2D eigenvalue weighted by molar-refractivity contribution is -0.138. The highest BCUT2D eigenvalue weighted by Gasteiger charge is 2.41. The first-order valence-electron chi connectivity index (χ1n) is 10.7. The number of rotatable bonds is 6.